The van der Waals surface area contributed by atoms with Gasteiger partial charge in [-0.3, -0.25) is 0 Å². The molecule has 0 radical (unpaired) electrons. The van der Waals surface area contributed by atoms with Crippen LogP contribution < -0.4 is 0 Å². The maximum absolute atomic E-state index is 5.38. The van der Waals surface area contributed by atoms with Gasteiger partial charge in [0.15, 0.2) is 11.6 Å². The fourth-order valence-corrected chi connectivity index (χ4v) is 11.2. The van der Waals surface area contributed by atoms with Gasteiger partial charge in [0.2, 0.25) is 0 Å². The van der Waals surface area contributed by atoms with E-state index in [1.165, 1.54) is 72.3 Å². The molecule has 1 heterocycles. The fourth-order valence-electron chi connectivity index (χ4n) is 11.2. The number of rotatable bonds is 6. The second-order valence-corrected chi connectivity index (χ2v) is 17.8. The summed E-state index contributed by atoms with van der Waals surface area (Å²) in [6.45, 7) is 4.77. The Morgan fingerprint density at radius 2 is 0.844 bits per heavy atom. The number of benzene rings is 8. The first kappa shape index (κ1) is 38.0. The molecule has 0 amide bonds. The minimum absolute atomic E-state index is 0.0473. The van der Waals surface area contributed by atoms with Crippen molar-refractivity contribution in [2.75, 3.05) is 0 Å². The summed E-state index contributed by atoms with van der Waals surface area (Å²) in [6, 6.07) is 74.7. The molecule has 3 aliphatic carbocycles. The maximum atomic E-state index is 5.38. The highest BCUT2D eigenvalue weighted by atomic mass is 15.0. The lowest BCUT2D eigenvalue weighted by molar-refractivity contribution is 0.543. The monoisotopic (exact) mass is 819 g/mol. The van der Waals surface area contributed by atoms with Crippen LogP contribution in [0.4, 0.5) is 0 Å². The molecule has 304 valence electrons. The summed E-state index contributed by atoms with van der Waals surface area (Å²) >= 11 is 0. The predicted octanol–water partition coefficient (Wildman–Crippen LogP) is 14.6. The van der Waals surface area contributed by atoms with Gasteiger partial charge in [0.25, 0.3) is 0 Å². The molecule has 3 nitrogen and oxygen atoms in total. The summed E-state index contributed by atoms with van der Waals surface area (Å²) in [5.41, 5.74) is 17.9. The Labute approximate surface area is 375 Å². The van der Waals surface area contributed by atoms with Crippen molar-refractivity contribution in [2.24, 2.45) is 0 Å². The van der Waals surface area contributed by atoms with Gasteiger partial charge >= 0.3 is 0 Å². The first-order valence-corrected chi connectivity index (χ1v) is 22.4. The molecule has 1 aromatic heterocycles. The van der Waals surface area contributed by atoms with E-state index in [0.717, 1.165) is 17.0 Å². The van der Waals surface area contributed by atoms with Gasteiger partial charge in [0, 0.05) is 28.4 Å². The van der Waals surface area contributed by atoms with E-state index in [1.54, 1.807) is 0 Å². The van der Waals surface area contributed by atoms with Crippen LogP contribution in [0.3, 0.4) is 0 Å². The summed E-state index contributed by atoms with van der Waals surface area (Å²) in [5.74, 6) is 1.92. The second kappa shape index (κ2) is 15.0. The molecule has 0 bridgehead atoms. The molecule has 0 aliphatic heterocycles. The van der Waals surface area contributed by atoms with Crippen molar-refractivity contribution < 1.29 is 0 Å². The Kier molecular flexibility index (Phi) is 8.88. The van der Waals surface area contributed by atoms with Gasteiger partial charge in [-0.25, -0.2) is 15.0 Å². The van der Waals surface area contributed by atoms with E-state index in [0.29, 0.717) is 11.6 Å². The van der Waals surface area contributed by atoms with Gasteiger partial charge in [-0.2, -0.15) is 0 Å². The standard InChI is InChI=1S/C61H45N3/c1-60(2)51-28-14-16-30-53(51)61(54-31-17-15-29-52(54)60)50-38-37-45(40-33-35-42(36-34-40)47-26-13-12-25-46(47)41-19-6-3-7-20-41)39-49(50)56-48(27-18-32-55(56)61)59-63-57(43-21-8-4-9-22-43)62-58(64-59)44-23-10-5-11-24-44/h3-39,48,56H,1-2H3. The van der Waals surface area contributed by atoms with Crippen molar-refractivity contribution in [1.29, 1.82) is 0 Å². The lowest BCUT2D eigenvalue weighted by atomic mass is 9.54. The summed E-state index contributed by atoms with van der Waals surface area (Å²) in [4.78, 5) is 15.9. The van der Waals surface area contributed by atoms with Crippen molar-refractivity contribution in [2.45, 2.75) is 36.5 Å². The molecule has 3 aliphatic rings. The highest BCUT2D eigenvalue weighted by Gasteiger charge is 2.58. The van der Waals surface area contributed by atoms with Crippen molar-refractivity contribution in [3.63, 3.8) is 0 Å². The average molecular weight is 820 g/mol. The van der Waals surface area contributed by atoms with E-state index in [9.17, 15) is 0 Å². The normalized spacial score (nSPS) is 17.2. The Morgan fingerprint density at radius 1 is 0.391 bits per heavy atom. The van der Waals surface area contributed by atoms with E-state index in [1.807, 2.05) is 12.1 Å². The molecule has 3 heteroatoms. The zero-order valence-corrected chi connectivity index (χ0v) is 35.9. The number of allylic oxidation sites excluding steroid dienone is 4. The van der Waals surface area contributed by atoms with Crippen LogP contribution in [0.5, 0.6) is 0 Å². The number of hydrogen-bond donors (Lipinski definition) is 0. The smallest absolute Gasteiger partial charge is 0.163 e. The molecular weight excluding hydrogens is 775 g/mol. The molecule has 9 aromatic rings. The van der Waals surface area contributed by atoms with Crippen LogP contribution in [0, 0.1) is 0 Å². The maximum Gasteiger partial charge on any atom is 0.163 e. The van der Waals surface area contributed by atoms with E-state index >= 15 is 0 Å². The molecular formula is C61H45N3. The van der Waals surface area contributed by atoms with Crippen LogP contribution in [0.2, 0.25) is 0 Å². The third-order valence-electron chi connectivity index (χ3n) is 14.1. The third-order valence-corrected chi connectivity index (χ3v) is 14.1. The summed E-state index contributed by atoms with van der Waals surface area (Å²) in [5, 5.41) is 0. The van der Waals surface area contributed by atoms with Crippen LogP contribution in [0.1, 0.15) is 64.9 Å². The number of aromatic nitrogens is 3. The molecule has 0 N–H and O–H groups in total. The Balaban J connectivity index is 1.06. The Hall–Kier alpha value is -7.75. The van der Waals surface area contributed by atoms with Crippen molar-refractivity contribution in [3.8, 4) is 56.2 Å². The first-order chi connectivity index (χ1) is 31.5. The van der Waals surface area contributed by atoms with Crippen LogP contribution in [0.15, 0.2) is 230 Å². The minimum atomic E-state index is -0.521. The summed E-state index contributed by atoms with van der Waals surface area (Å²) < 4.78 is 0. The second-order valence-electron chi connectivity index (χ2n) is 17.8. The quantitative estimate of drug-likeness (QED) is 0.168. The van der Waals surface area contributed by atoms with Gasteiger partial charge in [0.05, 0.1) is 5.41 Å². The van der Waals surface area contributed by atoms with Gasteiger partial charge in [-0.1, -0.05) is 238 Å². The molecule has 0 saturated heterocycles. The SMILES string of the molecule is CC1(C)c2ccccc2C2(C3=CC=CC(c4nc(-c5ccccc5)nc(-c5ccccc5)n4)C3c3cc(-c4ccc(-c5ccccc5-c5ccccc5)cc4)ccc32)c2ccccc21. The molecule has 1 spiro atoms. The molecule has 12 rings (SSSR count). The minimum Gasteiger partial charge on any atom is -0.212 e. The molecule has 0 saturated carbocycles. The molecule has 2 unspecified atom stereocenters. The van der Waals surface area contributed by atoms with E-state index in [-0.39, 0.29) is 17.3 Å². The van der Waals surface area contributed by atoms with Crippen molar-refractivity contribution in [1.82, 2.24) is 15.0 Å². The highest BCUT2D eigenvalue weighted by Crippen LogP contribution is 2.66. The zero-order valence-electron chi connectivity index (χ0n) is 35.9. The number of fused-ring (bicyclic) bond motifs is 9. The van der Waals surface area contributed by atoms with Crippen LogP contribution in [0.25, 0.3) is 56.2 Å². The molecule has 0 fully saturated rings. The van der Waals surface area contributed by atoms with Crippen LogP contribution >= 0.6 is 0 Å². The predicted molar refractivity (Wildman–Crippen MR) is 261 cm³/mol. The van der Waals surface area contributed by atoms with Crippen molar-refractivity contribution >= 4 is 0 Å². The molecule has 2 atom stereocenters. The van der Waals surface area contributed by atoms with Crippen molar-refractivity contribution in [3.05, 3.63) is 269 Å². The largest absolute Gasteiger partial charge is 0.212 e. The van der Waals surface area contributed by atoms with Crippen LogP contribution in [-0.4, -0.2) is 15.0 Å². The first-order valence-electron chi connectivity index (χ1n) is 22.4. The number of nitrogens with zero attached hydrogens (tertiary/aromatic N) is 3. The average Bonchev–Trinajstić information content (AvgIpc) is 3.67. The highest BCUT2D eigenvalue weighted by molar-refractivity contribution is 5.85. The Bertz CT molecular complexity index is 3180. The lowest BCUT2D eigenvalue weighted by Gasteiger charge is -2.47. The topological polar surface area (TPSA) is 38.7 Å². The summed E-state index contributed by atoms with van der Waals surface area (Å²) in [6.07, 6.45) is 6.99. The van der Waals surface area contributed by atoms with E-state index in [4.69, 9.17) is 15.0 Å². The third kappa shape index (κ3) is 5.84. The molecule has 8 aromatic carbocycles. The fraction of sp³-hybridized carbons (Fsp3) is 0.0984. The summed E-state index contributed by atoms with van der Waals surface area (Å²) in [7, 11) is 0. The van der Waals surface area contributed by atoms with E-state index < -0.39 is 5.41 Å². The Morgan fingerprint density at radius 3 is 1.41 bits per heavy atom. The number of hydrogen-bond acceptors (Lipinski definition) is 3. The van der Waals surface area contributed by atoms with Gasteiger partial charge in [-0.05, 0) is 72.3 Å². The molecule has 64 heavy (non-hydrogen) atoms. The van der Waals surface area contributed by atoms with Gasteiger partial charge in [0.1, 0.15) is 5.82 Å². The van der Waals surface area contributed by atoms with Crippen LogP contribution in [-0.2, 0) is 10.8 Å². The van der Waals surface area contributed by atoms with E-state index in [2.05, 4.69) is 226 Å². The zero-order chi connectivity index (χ0) is 42.8. The van der Waals surface area contributed by atoms with Gasteiger partial charge in [-0.15, -0.1) is 0 Å². The van der Waals surface area contributed by atoms with Gasteiger partial charge < -0.3 is 0 Å². The lowest BCUT2D eigenvalue weighted by Crippen LogP contribution is -2.41.